The summed E-state index contributed by atoms with van der Waals surface area (Å²) < 4.78 is 5.29. The van der Waals surface area contributed by atoms with E-state index < -0.39 is 0 Å². The Morgan fingerprint density at radius 3 is 2.90 bits per heavy atom. The summed E-state index contributed by atoms with van der Waals surface area (Å²) in [5.74, 6) is 1.59. The predicted molar refractivity (Wildman–Crippen MR) is 85.4 cm³/mol. The minimum absolute atomic E-state index is 0.0897. The zero-order chi connectivity index (χ0) is 15.3. The second-order valence-corrected chi connectivity index (χ2v) is 6.88. The molecule has 0 aromatic carbocycles. The molecule has 0 saturated carbocycles. The van der Waals surface area contributed by atoms with E-state index in [9.17, 15) is 0 Å². The molecular weight excluding hydrogens is 264 g/mol. The van der Waals surface area contributed by atoms with Crippen molar-refractivity contribution in [2.75, 3.05) is 31.7 Å². The van der Waals surface area contributed by atoms with Crippen molar-refractivity contribution >= 4 is 5.82 Å². The first kappa shape index (κ1) is 16.2. The maximum Gasteiger partial charge on any atom is 0.147 e. The fraction of sp³-hybridized carbons (Fsp3) is 0.750. The van der Waals surface area contributed by atoms with Gasteiger partial charge in [-0.25, -0.2) is 4.98 Å². The first-order valence-electron chi connectivity index (χ1n) is 7.78. The van der Waals surface area contributed by atoms with Crippen LogP contribution in [-0.2, 0) is 11.3 Å². The third-order valence-corrected chi connectivity index (χ3v) is 3.72. The van der Waals surface area contributed by atoms with E-state index in [2.05, 4.69) is 36.0 Å². The van der Waals surface area contributed by atoms with Crippen LogP contribution in [0.4, 0.5) is 5.82 Å². The van der Waals surface area contributed by atoms with Crippen LogP contribution in [0.3, 0.4) is 0 Å². The van der Waals surface area contributed by atoms with Crippen LogP contribution in [0.5, 0.6) is 0 Å². The average Bonchev–Trinajstić information content (AvgIpc) is 2.45. The molecule has 1 fully saturated rings. The summed E-state index contributed by atoms with van der Waals surface area (Å²) in [6.45, 7) is 10.1. The van der Waals surface area contributed by atoms with E-state index in [-0.39, 0.29) is 5.54 Å². The molecule has 1 unspecified atom stereocenters. The number of ether oxygens (including phenoxy) is 1. The Balaban J connectivity index is 1.99. The van der Waals surface area contributed by atoms with E-state index >= 15 is 0 Å². The topological polar surface area (TPSA) is 50.3 Å². The summed E-state index contributed by atoms with van der Waals surface area (Å²) in [5, 5.41) is 3.46. The van der Waals surface area contributed by atoms with Gasteiger partial charge in [0, 0.05) is 38.5 Å². The third-order valence-electron chi connectivity index (χ3n) is 3.72. The van der Waals surface area contributed by atoms with Gasteiger partial charge in [-0.1, -0.05) is 0 Å². The summed E-state index contributed by atoms with van der Waals surface area (Å²) in [6, 6.07) is 0. The number of aromatic nitrogens is 2. The van der Waals surface area contributed by atoms with Crippen molar-refractivity contribution in [2.45, 2.75) is 45.7 Å². The molecule has 1 aromatic rings. The Morgan fingerprint density at radius 2 is 2.19 bits per heavy atom. The maximum atomic E-state index is 5.29. The van der Waals surface area contributed by atoms with Gasteiger partial charge < -0.3 is 15.0 Å². The molecule has 0 aliphatic carbocycles. The van der Waals surface area contributed by atoms with Crippen molar-refractivity contribution in [3.63, 3.8) is 0 Å². The molecule has 0 bridgehead atoms. The Morgan fingerprint density at radius 1 is 1.38 bits per heavy atom. The lowest BCUT2D eigenvalue weighted by Gasteiger charge is -2.33. The molecule has 5 heteroatoms. The molecule has 0 radical (unpaired) electrons. The van der Waals surface area contributed by atoms with E-state index in [0.717, 1.165) is 37.8 Å². The Hall–Kier alpha value is -1.20. The Labute approximate surface area is 128 Å². The van der Waals surface area contributed by atoms with Gasteiger partial charge in [0.2, 0.25) is 0 Å². The Bertz CT molecular complexity index is 442. The summed E-state index contributed by atoms with van der Waals surface area (Å²) in [5.41, 5.74) is 1.09. The van der Waals surface area contributed by atoms with Crippen LogP contribution in [0.25, 0.3) is 0 Å². The van der Waals surface area contributed by atoms with Crippen molar-refractivity contribution in [1.82, 2.24) is 15.3 Å². The van der Waals surface area contributed by atoms with E-state index in [0.29, 0.717) is 5.92 Å². The standard InChI is InChI=1S/C16H28N4O/c1-16(2,3)18-9-14-8-17-10-15(19-14)20-7-5-6-13(11-20)12-21-4/h8,10,13,18H,5-7,9,11-12H2,1-4H3. The average molecular weight is 292 g/mol. The monoisotopic (exact) mass is 292 g/mol. The first-order chi connectivity index (χ1) is 9.98. The van der Waals surface area contributed by atoms with Gasteiger partial charge in [0.15, 0.2) is 0 Å². The van der Waals surface area contributed by atoms with Crippen molar-refractivity contribution in [1.29, 1.82) is 0 Å². The molecule has 1 N–H and O–H groups in total. The summed E-state index contributed by atoms with van der Waals surface area (Å²) in [6.07, 6.45) is 6.15. The molecule has 2 rings (SSSR count). The van der Waals surface area contributed by atoms with Crippen molar-refractivity contribution in [3.05, 3.63) is 18.1 Å². The van der Waals surface area contributed by atoms with Crippen molar-refractivity contribution in [3.8, 4) is 0 Å². The van der Waals surface area contributed by atoms with Crippen molar-refractivity contribution < 1.29 is 4.74 Å². The van der Waals surface area contributed by atoms with Crippen LogP contribution >= 0.6 is 0 Å². The quantitative estimate of drug-likeness (QED) is 0.902. The number of anilines is 1. The zero-order valence-corrected chi connectivity index (χ0v) is 13.7. The highest BCUT2D eigenvalue weighted by Gasteiger charge is 2.21. The minimum atomic E-state index is 0.0897. The fourth-order valence-electron chi connectivity index (χ4n) is 2.63. The van der Waals surface area contributed by atoms with E-state index in [4.69, 9.17) is 9.72 Å². The molecule has 0 amide bonds. The molecule has 1 aromatic heterocycles. The number of rotatable bonds is 5. The highest BCUT2D eigenvalue weighted by Crippen LogP contribution is 2.21. The normalized spacial score (nSPS) is 19.8. The molecule has 1 atom stereocenters. The van der Waals surface area contributed by atoms with E-state index in [1.165, 1.54) is 12.8 Å². The summed E-state index contributed by atoms with van der Waals surface area (Å²) >= 11 is 0. The number of nitrogens with zero attached hydrogens (tertiary/aromatic N) is 3. The van der Waals surface area contributed by atoms with Crippen LogP contribution in [-0.4, -0.2) is 42.3 Å². The number of hydrogen-bond donors (Lipinski definition) is 1. The van der Waals surface area contributed by atoms with E-state index in [1.807, 2.05) is 12.4 Å². The largest absolute Gasteiger partial charge is 0.384 e. The summed E-state index contributed by atoms with van der Waals surface area (Å²) in [4.78, 5) is 11.4. The molecule has 5 nitrogen and oxygen atoms in total. The van der Waals surface area contributed by atoms with Crippen LogP contribution < -0.4 is 10.2 Å². The van der Waals surface area contributed by atoms with Crippen molar-refractivity contribution in [2.24, 2.45) is 5.92 Å². The van der Waals surface area contributed by atoms with Crippen LogP contribution in [0.15, 0.2) is 12.4 Å². The lowest BCUT2D eigenvalue weighted by Crippen LogP contribution is -2.38. The number of hydrogen-bond acceptors (Lipinski definition) is 5. The van der Waals surface area contributed by atoms with Crippen LogP contribution in [0, 0.1) is 5.92 Å². The van der Waals surface area contributed by atoms with Gasteiger partial charge in [0.1, 0.15) is 5.82 Å². The van der Waals surface area contributed by atoms with Crippen LogP contribution in [0.1, 0.15) is 39.3 Å². The molecule has 0 spiro atoms. The molecule has 1 saturated heterocycles. The van der Waals surface area contributed by atoms with Gasteiger partial charge in [-0.3, -0.25) is 4.98 Å². The minimum Gasteiger partial charge on any atom is -0.384 e. The highest BCUT2D eigenvalue weighted by atomic mass is 16.5. The highest BCUT2D eigenvalue weighted by molar-refractivity contribution is 5.37. The number of piperidine rings is 1. The first-order valence-corrected chi connectivity index (χ1v) is 7.78. The second-order valence-electron chi connectivity index (χ2n) is 6.88. The van der Waals surface area contributed by atoms with Crippen LogP contribution in [0.2, 0.25) is 0 Å². The second kappa shape index (κ2) is 7.18. The lowest BCUT2D eigenvalue weighted by atomic mass is 9.99. The lowest BCUT2D eigenvalue weighted by molar-refractivity contribution is 0.143. The molecule has 1 aliphatic rings. The molecule has 1 aliphatic heterocycles. The maximum absolute atomic E-state index is 5.29. The van der Waals surface area contributed by atoms with E-state index in [1.54, 1.807) is 7.11 Å². The number of methoxy groups -OCH3 is 1. The van der Waals surface area contributed by atoms with Gasteiger partial charge in [-0.2, -0.15) is 0 Å². The van der Waals surface area contributed by atoms with Gasteiger partial charge in [-0.05, 0) is 39.5 Å². The van der Waals surface area contributed by atoms with Gasteiger partial charge in [0.05, 0.1) is 18.5 Å². The molecular formula is C16H28N4O. The predicted octanol–water partition coefficient (Wildman–Crippen LogP) is 2.23. The Kier molecular flexibility index (Phi) is 5.53. The smallest absolute Gasteiger partial charge is 0.147 e. The molecule has 2 heterocycles. The third kappa shape index (κ3) is 5.25. The van der Waals surface area contributed by atoms with Gasteiger partial charge >= 0.3 is 0 Å². The number of nitrogens with one attached hydrogen (secondary N) is 1. The molecule has 118 valence electrons. The SMILES string of the molecule is COCC1CCCN(c2cncc(CNC(C)(C)C)n2)C1. The fourth-order valence-corrected chi connectivity index (χ4v) is 2.63. The van der Waals surface area contributed by atoms with Gasteiger partial charge in [0.25, 0.3) is 0 Å². The summed E-state index contributed by atoms with van der Waals surface area (Å²) in [7, 11) is 1.78. The zero-order valence-electron chi connectivity index (χ0n) is 13.7. The molecule has 21 heavy (non-hydrogen) atoms. The van der Waals surface area contributed by atoms with Gasteiger partial charge in [-0.15, -0.1) is 0 Å².